The summed E-state index contributed by atoms with van der Waals surface area (Å²) >= 11 is 5.93. The minimum absolute atomic E-state index is 0.0660. The van der Waals surface area contributed by atoms with Crippen LogP contribution in [0.25, 0.3) is 0 Å². The van der Waals surface area contributed by atoms with E-state index in [9.17, 15) is 13.2 Å². The lowest BCUT2D eigenvalue weighted by Gasteiger charge is -2.11. The second kappa shape index (κ2) is 7.65. The maximum atomic E-state index is 12.8. The first-order valence-corrected chi connectivity index (χ1v) is 7.53. The number of halogens is 4. The zero-order chi connectivity index (χ0) is 18.6. The molecule has 0 saturated heterocycles. The molecule has 0 heterocycles. The van der Waals surface area contributed by atoms with Gasteiger partial charge in [0, 0.05) is 5.56 Å². The largest absolute Gasteiger partial charge is 0.493 e. The highest BCUT2D eigenvalue weighted by Gasteiger charge is 2.30. The van der Waals surface area contributed by atoms with E-state index in [2.05, 4.69) is 10.5 Å². The zero-order valence-electron chi connectivity index (χ0n) is 13.7. The molecule has 0 saturated carbocycles. The summed E-state index contributed by atoms with van der Waals surface area (Å²) < 4.78 is 48.7. The molecule has 0 aliphatic rings. The van der Waals surface area contributed by atoms with Gasteiger partial charge in [0.2, 0.25) is 0 Å². The van der Waals surface area contributed by atoms with Gasteiger partial charge in [0.1, 0.15) is 0 Å². The highest BCUT2D eigenvalue weighted by atomic mass is 35.5. The molecule has 0 aliphatic heterocycles. The minimum Gasteiger partial charge on any atom is -0.493 e. The average molecular weight is 373 g/mol. The summed E-state index contributed by atoms with van der Waals surface area (Å²) in [6.07, 6.45) is -4.46. The monoisotopic (exact) mass is 372 g/mol. The molecule has 0 bridgehead atoms. The van der Waals surface area contributed by atoms with Crippen LogP contribution in [0.1, 0.15) is 18.1 Å². The Kier molecular flexibility index (Phi) is 5.79. The van der Waals surface area contributed by atoms with Gasteiger partial charge < -0.3 is 9.47 Å². The smallest absolute Gasteiger partial charge is 0.416 e. The van der Waals surface area contributed by atoms with Crippen molar-refractivity contribution in [1.82, 2.24) is 0 Å². The summed E-state index contributed by atoms with van der Waals surface area (Å²) in [7, 11) is 3.03. The number of methoxy groups -OCH3 is 2. The van der Waals surface area contributed by atoms with Crippen LogP contribution in [0.2, 0.25) is 5.02 Å². The molecule has 0 aliphatic carbocycles. The molecule has 2 aromatic carbocycles. The molecule has 0 radical (unpaired) electrons. The van der Waals surface area contributed by atoms with E-state index in [4.69, 9.17) is 21.1 Å². The van der Waals surface area contributed by atoms with E-state index in [1.165, 1.54) is 20.3 Å². The molecule has 0 fully saturated rings. The topological polar surface area (TPSA) is 42.8 Å². The van der Waals surface area contributed by atoms with Crippen LogP contribution >= 0.6 is 11.6 Å². The number of anilines is 1. The summed E-state index contributed by atoms with van der Waals surface area (Å²) in [6.45, 7) is 1.70. The second-order valence-corrected chi connectivity index (χ2v) is 5.48. The third-order valence-corrected chi connectivity index (χ3v) is 3.77. The predicted octanol–water partition coefficient (Wildman–Crippen LogP) is 5.21. The van der Waals surface area contributed by atoms with E-state index in [1.807, 2.05) is 0 Å². The maximum Gasteiger partial charge on any atom is 0.416 e. The second-order valence-electron chi connectivity index (χ2n) is 5.07. The van der Waals surface area contributed by atoms with Crippen molar-refractivity contribution in [3.05, 3.63) is 52.5 Å². The highest BCUT2D eigenvalue weighted by Crippen LogP contribution is 2.34. The van der Waals surface area contributed by atoms with Crippen LogP contribution in [-0.4, -0.2) is 19.9 Å². The Morgan fingerprint density at radius 1 is 1.04 bits per heavy atom. The lowest BCUT2D eigenvalue weighted by atomic mass is 10.1. The van der Waals surface area contributed by atoms with Crippen molar-refractivity contribution in [2.45, 2.75) is 13.1 Å². The normalized spacial score (nSPS) is 12.0. The number of hydrogen-bond acceptors (Lipinski definition) is 4. The van der Waals surface area contributed by atoms with E-state index in [0.29, 0.717) is 22.8 Å². The molecule has 0 atom stereocenters. The Morgan fingerprint density at radius 2 is 1.72 bits per heavy atom. The van der Waals surface area contributed by atoms with E-state index in [1.54, 1.807) is 25.1 Å². The number of hydrazone groups is 1. The molecule has 2 aromatic rings. The quantitative estimate of drug-likeness (QED) is 0.578. The molecule has 0 aromatic heterocycles. The van der Waals surface area contributed by atoms with Crippen LogP contribution in [-0.2, 0) is 6.18 Å². The van der Waals surface area contributed by atoms with Crippen molar-refractivity contribution in [3.8, 4) is 11.5 Å². The van der Waals surface area contributed by atoms with E-state index in [-0.39, 0.29) is 10.7 Å². The lowest BCUT2D eigenvalue weighted by molar-refractivity contribution is -0.137. The summed E-state index contributed by atoms with van der Waals surface area (Å²) in [6, 6.07) is 8.19. The van der Waals surface area contributed by atoms with E-state index >= 15 is 0 Å². The van der Waals surface area contributed by atoms with Gasteiger partial charge in [0.05, 0.1) is 36.2 Å². The van der Waals surface area contributed by atoms with E-state index in [0.717, 1.165) is 12.1 Å². The van der Waals surface area contributed by atoms with Gasteiger partial charge in [-0.05, 0) is 43.3 Å². The van der Waals surface area contributed by atoms with Crippen molar-refractivity contribution in [2.24, 2.45) is 5.10 Å². The molecular formula is C17H16ClF3N2O2. The van der Waals surface area contributed by atoms with Crippen LogP contribution in [0, 0.1) is 0 Å². The van der Waals surface area contributed by atoms with Gasteiger partial charge >= 0.3 is 6.18 Å². The zero-order valence-corrected chi connectivity index (χ0v) is 14.5. The van der Waals surface area contributed by atoms with Crippen molar-refractivity contribution in [2.75, 3.05) is 19.6 Å². The summed E-state index contributed by atoms with van der Waals surface area (Å²) in [5.41, 5.74) is 3.09. The van der Waals surface area contributed by atoms with Gasteiger partial charge in [-0.2, -0.15) is 18.3 Å². The fourth-order valence-electron chi connectivity index (χ4n) is 2.06. The van der Waals surface area contributed by atoms with Crippen LogP contribution in [0.15, 0.2) is 41.5 Å². The van der Waals surface area contributed by atoms with Crippen LogP contribution in [0.3, 0.4) is 0 Å². The Bertz CT molecular complexity index is 792. The first-order chi connectivity index (χ1) is 11.8. The fourth-order valence-corrected chi connectivity index (χ4v) is 2.22. The van der Waals surface area contributed by atoms with Gasteiger partial charge in [0.25, 0.3) is 0 Å². The lowest BCUT2D eigenvalue weighted by Crippen LogP contribution is -2.06. The van der Waals surface area contributed by atoms with Crippen LogP contribution in [0.4, 0.5) is 18.9 Å². The third-order valence-electron chi connectivity index (χ3n) is 3.44. The molecule has 8 heteroatoms. The van der Waals surface area contributed by atoms with Crippen LogP contribution in [0.5, 0.6) is 11.5 Å². The number of nitrogens with zero attached hydrogens (tertiary/aromatic N) is 1. The average Bonchev–Trinajstić information content (AvgIpc) is 2.59. The number of ether oxygens (including phenoxy) is 2. The van der Waals surface area contributed by atoms with Crippen molar-refractivity contribution in [3.63, 3.8) is 0 Å². The Labute approximate surface area is 148 Å². The number of rotatable bonds is 5. The van der Waals surface area contributed by atoms with Gasteiger partial charge in [0.15, 0.2) is 11.5 Å². The molecule has 2 rings (SSSR count). The maximum absolute atomic E-state index is 12.8. The summed E-state index contributed by atoms with van der Waals surface area (Å²) in [4.78, 5) is 0. The number of alkyl halides is 3. The number of nitrogens with one attached hydrogen (secondary N) is 1. The number of benzene rings is 2. The molecule has 1 N–H and O–H groups in total. The van der Waals surface area contributed by atoms with Gasteiger partial charge in [-0.15, -0.1) is 0 Å². The molecule has 0 amide bonds. The number of hydrogen-bond donors (Lipinski definition) is 1. The van der Waals surface area contributed by atoms with Crippen molar-refractivity contribution >= 4 is 23.0 Å². The summed E-state index contributed by atoms with van der Waals surface area (Å²) in [5, 5.41) is 4.23. The Morgan fingerprint density at radius 3 is 2.32 bits per heavy atom. The predicted molar refractivity (Wildman–Crippen MR) is 91.8 cm³/mol. The van der Waals surface area contributed by atoms with Gasteiger partial charge in [-0.25, -0.2) is 0 Å². The van der Waals surface area contributed by atoms with Crippen LogP contribution < -0.4 is 14.9 Å². The molecule has 0 spiro atoms. The third kappa shape index (κ3) is 4.57. The first kappa shape index (κ1) is 18.9. The summed E-state index contributed by atoms with van der Waals surface area (Å²) in [5.74, 6) is 1.08. The minimum atomic E-state index is -4.46. The Balaban J connectivity index is 2.27. The van der Waals surface area contributed by atoms with Gasteiger partial charge in [-0.3, -0.25) is 5.43 Å². The van der Waals surface area contributed by atoms with Gasteiger partial charge in [-0.1, -0.05) is 11.6 Å². The van der Waals surface area contributed by atoms with Crippen molar-refractivity contribution in [1.29, 1.82) is 0 Å². The standard InChI is InChI=1S/C17H16ClF3N2O2/c1-10(11-4-7-15(24-2)16(8-11)25-3)22-23-14-9-12(17(19,20)21)5-6-13(14)18/h4-9,23H,1-3H3/b22-10-. The molecule has 4 nitrogen and oxygen atoms in total. The molecule has 134 valence electrons. The molecular weight excluding hydrogens is 357 g/mol. The fraction of sp³-hybridized carbons (Fsp3) is 0.235. The van der Waals surface area contributed by atoms with Crippen molar-refractivity contribution < 1.29 is 22.6 Å². The SMILES string of the molecule is COc1ccc(/C(C)=N\Nc2cc(C(F)(F)F)ccc2Cl)cc1OC. The first-order valence-electron chi connectivity index (χ1n) is 7.15. The molecule has 0 unspecified atom stereocenters. The highest BCUT2D eigenvalue weighted by molar-refractivity contribution is 6.33. The Hall–Kier alpha value is -2.41. The molecule has 25 heavy (non-hydrogen) atoms. The van der Waals surface area contributed by atoms with E-state index < -0.39 is 11.7 Å².